The zero-order chi connectivity index (χ0) is 12.9. The van der Waals surface area contributed by atoms with E-state index >= 15 is 0 Å². The lowest BCUT2D eigenvalue weighted by atomic mass is 9.96. The van der Waals surface area contributed by atoms with E-state index in [2.05, 4.69) is 40.3 Å². The normalized spacial score (nSPS) is 13.7. The molecule has 17 heavy (non-hydrogen) atoms. The summed E-state index contributed by atoms with van der Waals surface area (Å²) < 4.78 is 1.09. The van der Waals surface area contributed by atoms with E-state index in [1.54, 1.807) is 0 Å². The Labute approximate surface area is 113 Å². The van der Waals surface area contributed by atoms with Gasteiger partial charge in [-0.05, 0) is 37.5 Å². The Morgan fingerprint density at radius 2 is 2.00 bits per heavy atom. The van der Waals surface area contributed by atoms with Crippen LogP contribution in [0.2, 0.25) is 0 Å². The quantitative estimate of drug-likeness (QED) is 0.840. The number of hydrogen-bond acceptors (Lipinski definition) is 2. The van der Waals surface area contributed by atoms with Crippen LogP contribution in [0.25, 0.3) is 0 Å². The molecule has 0 amide bonds. The molecule has 0 saturated heterocycles. The summed E-state index contributed by atoms with van der Waals surface area (Å²) in [6.45, 7) is 6.80. The Kier molecular flexibility index (Phi) is 5.63. The molecule has 0 saturated carbocycles. The molecular weight excluding hydrogens is 278 g/mol. The first-order valence-electron chi connectivity index (χ1n) is 6.22. The molecular formula is C14H22BrNO. The van der Waals surface area contributed by atoms with Gasteiger partial charge in [0.05, 0.1) is 5.60 Å². The maximum Gasteiger partial charge on any atom is 0.0766 e. The number of halogens is 1. The molecule has 0 aliphatic heterocycles. The summed E-state index contributed by atoms with van der Waals surface area (Å²) in [5, 5.41) is 13.6. The Hall–Kier alpha value is -0.380. The first kappa shape index (κ1) is 14.7. The van der Waals surface area contributed by atoms with Gasteiger partial charge in [-0.2, -0.15) is 0 Å². The minimum atomic E-state index is -0.583. The Morgan fingerprint density at radius 1 is 1.35 bits per heavy atom. The van der Waals surface area contributed by atoms with Crippen molar-refractivity contribution in [3.8, 4) is 0 Å². The van der Waals surface area contributed by atoms with Gasteiger partial charge in [0.15, 0.2) is 0 Å². The fourth-order valence-corrected chi connectivity index (χ4v) is 2.15. The third-order valence-corrected chi connectivity index (χ3v) is 3.90. The second kappa shape index (κ2) is 6.53. The molecule has 0 fully saturated rings. The number of rotatable bonds is 6. The average molecular weight is 300 g/mol. The highest BCUT2D eigenvalue weighted by atomic mass is 79.9. The zero-order valence-corrected chi connectivity index (χ0v) is 12.4. The molecule has 1 aromatic rings. The Morgan fingerprint density at radius 3 is 2.53 bits per heavy atom. The van der Waals surface area contributed by atoms with Crippen LogP contribution in [0.1, 0.15) is 45.2 Å². The average Bonchev–Trinajstić information content (AvgIpc) is 2.35. The third kappa shape index (κ3) is 4.41. The molecule has 96 valence electrons. The molecule has 2 nitrogen and oxygen atoms in total. The van der Waals surface area contributed by atoms with Gasteiger partial charge in [-0.15, -0.1) is 0 Å². The molecule has 2 N–H and O–H groups in total. The summed E-state index contributed by atoms with van der Waals surface area (Å²) in [6.07, 6.45) is 1.56. The molecule has 1 aromatic carbocycles. The van der Waals surface area contributed by atoms with Crippen LogP contribution in [0.15, 0.2) is 28.7 Å². The van der Waals surface area contributed by atoms with Crippen LogP contribution >= 0.6 is 15.9 Å². The highest BCUT2D eigenvalue weighted by Gasteiger charge is 2.22. The predicted molar refractivity (Wildman–Crippen MR) is 76.1 cm³/mol. The summed E-state index contributed by atoms with van der Waals surface area (Å²) in [7, 11) is 0. The number of hydrogen-bond donors (Lipinski definition) is 2. The van der Waals surface area contributed by atoms with Crippen LogP contribution in [0.3, 0.4) is 0 Å². The molecule has 1 rings (SSSR count). The number of nitrogens with one attached hydrogen (secondary N) is 1. The highest BCUT2D eigenvalue weighted by molar-refractivity contribution is 9.10. The zero-order valence-electron chi connectivity index (χ0n) is 10.8. The van der Waals surface area contributed by atoms with E-state index in [0.29, 0.717) is 6.54 Å². The van der Waals surface area contributed by atoms with E-state index in [0.717, 1.165) is 17.3 Å². The Bertz CT molecular complexity index is 350. The molecule has 0 spiro atoms. The van der Waals surface area contributed by atoms with Gasteiger partial charge in [0, 0.05) is 17.1 Å². The SMILES string of the molecule is CCC(O)(CC)CN[C@@H](C)c1cccc(Br)c1. The number of benzene rings is 1. The maximum absolute atomic E-state index is 10.2. The van der Waals surface area contributed by atoms with Crippen molar-refractivity contribution in [2.75, 3.05) is 6.54 Å². The van der Waals surface area contributed by atoms with E-state index in [1.807, 2.05) is 26.0 Å². The van der Waals surface area contributed by atoms with Gasteiger partial charge in [0.2, 0.25) is 0 Å². The van der Waals surface area contributed by atoms with E-state index in [4.69, 9.17) is 0 Å². The van der Waals surface area contributed by atoms with Gasteiger partial charge < -0.3 is 10.4 Å². The molecule has 0 aliphatic carbocycles. The van der Waals surface area contributed by atoms with Crippen LogP contribution < -0.4 is 5.32 Å². The molecule has 1 atom stereocenters. The fraction of sp³-hybridized carbons (Fsp3) is 0.571. The second-order valence-corrected chi connectivity index (χ2v) is 5.50. The van der Waals surface area contributed by atoms with E-state index in [1.165, 1.54) is 5.56 Å². The van der Waals surface area contributed by atoms with Crippen LogP contribution in [0.4, 0.5) is 0 Å². The minimum Gasteiger partial charge on any atom is -0.389 e. The van der Waals surface area contributed by atoms with Crippen molar-refractivity contribution >= 4 is 15.9 Å². The third-order valence-electron chi connectivity index (χ3n) is 3.40. The topological polar surface area (TPSA) is 32.3 Å². The van der Waals surface area contributed by atoms with Crippen molar-refractivity contribution in [2.24, 2.45) is 0 Å². The van der Waals surface area contributed by atoms with Crippen LogP contribution in [-0.4, -0.2) is 17.3 Å². The second-order valence-electron chi connectivity index (χ2n) is 4.59. The van der Waals surface area contributed by atoms with Crippen molar-refractivity contribution in [1.82, 2.24) is 5.32 Å². The maximum atomic E-state index is 10.2. The van der Waals surface area contributed by atoms with Crippen LogP contribution in [-0.2, 0) is 0 Å². The summed E-state index contributed by atoms with van der Waals surface area (Å²) in [4.78, 5) is 0. The molecule has 3 heteroatoms. The molecule has 0 bridgehead atoms. The summed E-state index contributed by atoms with van der Waals surface area (Å²) in [5.41, 5.74) is 0.647. The Balaban J connectivity index is 2.58. The fourth-order valence-electron chi connectivity index (χ4n) is 1.74. The van der Waals surface area contributed by atoms with Crippen molar-refractivity contribution in [1.29, 1.82) is 0 Å². The van der Waals surface area contributed by atoms with Gasteiger partial charge in [-0.1, -0.05) is 41.9 Å². The molecule has 0 aliphatic rings. The van der Waals surface area contributed by atoms with Crippen molar-refractivity contribution in [3.05, 3.63) is 34.3 Å². The van der Waals surface area contributed by atoms with E-state index in [9.17, 15) is 5.11 Å². The van der Waals surface area contributed by atoms with Crippen molar-refractivity contribution < 1.29 is 5.11 Å². The van der Waals surface area contributed by atoms with Gasteiger partial charge in [0.1, 0.15) is 0 Å². The van der Waals surface area contributed by atoms with Gasteiger partial charge in [0.25, 0.3) is 0 Å². The van der Waals surface area contributed by atoms with Gasteiger partial charge in [-0.3, -0.25) is 0 Å². The molecule has 0 aromatic heterocycles. The lowest BCUT2D eigenvalue weighted by Crippen LogP contribution is -2.40. The van der Waals surface area contributed by atoms with Crippen LogP contribution in [0, 0.1) is 0 Å². The van der Waals surface area contributed by atoms with Crippen LogP contribution in [0.5, 0.6) is 0 Å². The standard InChI is InChI=1S/C14H22BrNO/c1-4-14(17,5-2)10-16-11(3)12-7-6-8-13(15)9-12/h6-9,11,16-17H,4-5,10H2,1-3H3/t11-/m0/s1. The smallest absolute Gasteiger partial charge is 0.0766 e. The van der Waals surface area contributed by atoms with Gasteiger partial charge in [-0.25, -0.2) is 0 Å². The monoisotopic (exact) mass is 299 g/mol. The van der Waals surface area contributed by atoms with E-state index in [-0.39, 0.29) is 6.04 Å². The number of aliphatic hydroxyl groups is 1. The van der Waals surface area contributed by atoms with Gasteiger partial charge >= 0.3 is 0 Å². The van der Waals surface area contributed by atoms with E-state index < -0.39 is 5.60 Å². The summed E-state index contributed by atoms with van der Waals surface area (Å²) in [5.74, 6) is 0. The predicted octanol–water partition coefficient (Wildman–Crippen LogP) is 3.65. The molecule has 0 unspecified atom stereocenters. The van der Waals surface area contributed by atoms with Crippen molar-refractivity contribution in [3.63, 3.8) is 0 Å². The first-order chi connectivity index (χ1) is 8.00. The molecule has 0 radical (unpaired) electrons. The summed E-state index contributed by atoms with van der Waals surface area (Å²) >= 11 is 3.47. The lowest BCUT2D eigenvalue weighted by molar-refractivity contribution is 0.0303. The first-order valence-corrected chi connectivity index (χ1v) is 7.01. The highest BCUT2D eigenvalue weighted by Crippen LogP contribution is 2.19. The minimum absolute atomic E-state index is 0.247. The van der Waals surface area contributed by atoms with Crippen molar-refractivity contribution in [2.45, 2.75) is 45.3 Å². The molecule has 0 heterocycles. The lowest BCUT2D eigenvalue weighted by Gasteiger charge is -2.27. The summed E-state index contributed by atoms with van der Waals surface area (Å²) in [6, 6.07) is 8.50. The largest absolute Gasteiger partial charge is 0.389 e.